The van der Waals surface area contributed by atoms with Gasteiger partial charge in [0.1, 0.15) is 5.75 Å². The molecule has 0 saturated carbocycles. The van der Waals surface area contributed by atoms with Crippen LogP contribution in [0, 0.1) is 11.8 Å². The zero-order valence-corrected chi connectivity index (χ0v) is 14.3. The van der Waals surface area contributed by atoms with Gasteiger partial charge < -0.3 is 15.0 Å². The highest BCUT2D eigenvalue weighted by molar-refractivity contribution is 5.88. The number of carbonyl (C=O) groups is 1. The minimum Gasteiger partial charge on any atom is -0.497 e. The molecule has 1 unspecified atom stereocenters. The number of carbonyl (C=O) groups excluding carboxylic acids is 1. The van der Waals surface area contributed by atoms with Crippen LogP contribution < -0.4 is 10.1 Å². The summed E-state index contributed by atoms with van der Waals surface area (Å²) in [5.41, 5.74) is 1.09. The zero-order valence-electron chi connectivity index (χ0n) is 14.3. The Morgan fingerprint density at radius 3 is 2.50 bits per heavy atom. The molecule has 1 amide bonds. The van der Waals surface area contributed by atoms with Gasteiger partial charge in [-0.25, -0.2) is 0 Å². The maximum Gasteiger partial charge on any atom is 0.229 e. The van der Waals surface area contributed by atoms with Crippen LogP contribution in [-0.2, 0) is 4.79 Å². The number of amides is 1. The Kier molecular flexibility index (Phi) is 3.93. The normalized spacial score (nSPS) is 24.2. The first-order chi connectivity index (χ1) is 11.7. The number of methoxy groups -OCH3 is 1. The van der Waals surface area contributed by atoms with Gasteiger partial charge in [0.2, 0.25) is 5.91 Å². The van der Waals surface area contributed by atoms with Crippen LogP contribution in [-0.4, -0.2) is 44.1 Å². The number of rotatable bonds is 3. The molecule has 24 heavy (non-hydrogen) atoms. The molecule has 0 radical (unpaired) electrons. The number of nitrogens with one attached hydrogen (secondary N) is 1. The van der Waals surface area contributed by atoms with E-state index in [1.807, 2.05) is 19.1 Å². The lowest BCUT2D eigenvalue weighted by Gasteiger charge is -2.22. The van der Waals surface area contributed by atoms with Crippen molar-refractivity contribution in [1.29, 1.82) is 0 Å². The third kappa shape index (κ3) is 2.65. The first-order valence-electron chi connectivity index (χ1n) is 8.73. The van der Waals surface area contributed by atoms with Crippen molar-refractivity contribution in [2.75, 3.05) is 33.3 Å². The minimum absolute atomic E-state index is 0.0942. The Morgan fingerprint density at radius 2 is 1.79 bits per heavy atom. The van der Waals surface area contributed by atoms with Gasteiger partial charge >= 0.3 is 0 Å². The first kappa shape index (κ1) is 15.5. The molecule has 126 valence electrons. The van der Waals surface area contributed by atoms with E-state index in [0.717, 1.165) is 48.3 Å². The Labute approximate surface area is 142 Å². The van der Waals surface area contributed by atoms with Gasteiger partial charge in [-0.3, -0.25) is 4.79 Å². The van der Waals surface area contributed by atoms with Crippen molar-refractivity contribution in [1.82, 2.24) is 10.2 Å². The Morgan fingerprint density at radius 1 is 1.12 bits per heavy atom. The second kappa shape index (κ2) is 6.10. The highest BCUT2D eigenvalue weighted by atomic mass is 16.5. The SMILES string of the molecule is COc1ccc2cc(C(C)C(=O)N3C[C@H]4CNC[C@H]4C3)ccc2c1. The van der Waals surface area contributed by atoms with Gasteiger partial charge in [0.25, 0.3) is 0 Å². The summed E-state index contributed by atoms with van der Waals surface area (Å²) in [5.74, 6) is 2.31. The van der Waals surface area contributed by atoms with E-state index in [9.17, 15) is 4.79 Å². The number of fused-ring (bicyclic) bond motifs is 2. The van der Waals surface area contributed by atoms with Crippen molar-refractivity contribution in [2.45, 2.75) is 12.8 Å². The van der Waals surface area contributed by atoms with Crippen molar-refractivity contribution in [3.05, 3.63) is 42.0 Å². The largest absolute Gasteiger partial charge is 0.497 e. The van der Waals surface area contributed by atoms with Crippen LogP contribution in [0.2, 0.25) is 0 Å². The summed E-state index contributed by atoms with van der Waals surface area (Å²) in [6.07, 6.45) is 0. The van der Waals surface area contributed by atoms with Crippen LogP contribution in [0.15, 0.2) is 36.4 Å². The van der Waals surface area contributed by atoms with E-state index >= 15 is 0 Å². The van der Waals surface area contributed by atoms with E-state index < -0.39 is 0 Å². The first-order valence-corrected chi connectivity index (χ1v) is 8.73. The summed E-state index contributed by atoms with van der Waals surface area (Å²) in [7, 11) is 1.68. The molecule has 4 rings (SSSR count). The maximum atomic E-state index is 12.9. The maximum absolute atomic E-state index is 12.9. The van der Waals surface area contributed by atoms with Gasteiger partial charge in [-0.1, -0.05) is 24.3 Å². The lowest BCUT2D eigenvalue weighted by Crippen LogP contribution is -2.34. The Balaban J connectivity index is 1.54. The smallest absolute Gasteiger partial charge is 0.229 e. The molecule has 2 fully saturated rings. The summed E-state index contributed by atoms with van der Waals surface area (Å²) in [5, 5.41) is 5.71. The van der Waals surface area contributed by atoms with E-state index in [1.165, 1.54) is 0 Å². The number of hydrogen-bond donors (Lipinski definition) is 1. The third-order valence-electron chi connectivity index (χ3n) is 5.64. The Bertz CT molecular complexity index is 761. The molecule has 2 aliphatic rings. The molecule has 1 N–H and O–H groups in total. The van der Waals surface area contributed by atoms with Gasteiger partial charge in [-0.15, -0.1) is 0 Å². The van der Waals surface area contributed by atoms with Gasteiger partial charge in [0.15, 0.2) is 0 Å². The van der Waals surface area contributed by atoms with Crippen LogP contribution in [0.25, 0.3) is 10.8 Å². The van der Waals surface area contributed by atoms with Crippen LogP contribution in [0.1, 0.15) is 18.4 Å². The van der Waals surface area contributed by atoms with Crippen molar-refractivity contribution in [3.8, 4) is 5.75 Å². The molecular formula is C20H24N2O2. The molecule has 0 spiro atoms. The van der Waals surface area contributed by atoms with Crippen LogP contribution in [0.5, 0.6) is 5.75 Å². The second-order valence-corrected chi connectivity index (χ2v) is 7.12. The van der Waals surface area contributed by atoms with E-state index in [2.05, 4.69) is 34.5 Å². The second-order valence-electron chi connectivity index (χ2n) is 7.12. The summed E-state index contributed by atoms with van der Waals surface area (Å²) in [6, 6.07) is 12.3. The topological polar surface area (TPSA) is 41.6 Å². The molecule has 0 aliphatic carbocycles. The monoisotopic (exact) mass is 324 g/mol. The lowest BCUT2D eigenvalue weighted by atomic mass is 9.96. The van der Waals surface area contributed by atoms with Gasteiger partial charge in [0, 0.05) is 26.2 Å². The van der Waals surface area contributed by atoms with Crippen LogP contribution in [0.3, 0.4) is 0 Å². The highest BCUT2D eigenvalue weighted by Gasteiger charge is 2.39. The minimum atomic E-state index is -0.0942. The standard InChI is InChI=1S/C20H24N2O2/c1-13(20(23)22-11-17-9-21-10-18(17)12-22)14-3-4-16-8-19(24-2)6-5-15(16)7-14/h3-8,13,17-18,21H,9-12H2,1-2H3/t13?,17-,18+. The number of benzene rings is 2. The summed E-state index contributed by atoms with van der Waals surface area (Å²) in [6.45, 7) is 5.96. The molecule has 4 nitrogen and oxygen atoms in total. The summed E-state index contributed by atoms with van der Waals surface area (Å²) >= 11 is 0. The lowest BCUT2D eigenvalue weighted by molar-refractivity contribution is -0.131. The average molecular weight is 324 g/mol. The molecular weight excluding hydrogens is 300 g/mol. The molecule has 4 heteroatoms. The van der Waals surface area contributed by atoms with Gasteiger partial charge in [-0.05, 0) is 47.2 Å². The molecule has 2 aromatic carbocycles. The molecule has 2 heterocycles. The fourth-order valence-corrected chi connectivity index (χ4v) is 4.09. The molecule has 3 atom stereocenters. The fourth-order valence-electron chi connectivity index (χ4n) is 4.09. The van der Waals surface area contributed by atoms with E-state index in [1.54, 1.807) is 7.11 Å². The van der Waals surface area contributed by atoms with Crippen molar-refractivity contribution >= 4 is 16.7 Å². The molecule has 0 bridgehead atoms. The zero-order chi connectivity index (χ0) is 16.7. The van der Waals surface area contributed by atoms with E-state index in [-0.39, 0.29) is 11.8 Å². The number of hydrogen-bond acceptors (Lipinski definition) is 3. The predicted octanol–water partition coefficient (Wildman–Crippen LogP) is 2.63. The quantitative estimate of drug-likeness (QED) is 0.944. The third-order valence-corrected chi connectivity index (χ3v) is 5.64. The van der Waals surface area contributed by atoms with Crippen LogP contribution >= 0.6 is 0 Å². The molecule has 2 aromatic rings. The average Bonchev–Trinajstić information content (AvgIpc) is 3.21. The van der Waals surface area contributed by atoms with Gasteiger partial charge in [-0.2, -0.15) is 0 Å². The van der Waals surface area contributed by atoms with Crippen LogP contribution in [0.4, 0.5) is 0 Å². The van der Waals surface area contributed by atoms with Crippen molar-refractivity contribution in [2.24, 2.45) is 11.8 Å². The number of likely N-dealkylation sites (tertiary alicyclic amines) is 1. The number of nitrogens with zero attached hydrogens (tertiary/aromatic N) is 1. The Hall–Kier alpha value is -2.07. The highest BCUT2D eigenvalue weighted by Crippen LogP contribution is 2.30. The molecule has 2 aliphatic heterocycles. The molecule has 0 aromatic heterocycles. The van der Waals surface area contributed by atoms with Crippen molar-refractivity contribution < 1.29 is 9.53 Å². The van der Waals surface area contributed by atoms with Gasteiger partial charge in [0.05, 0.1) is 13.0 Å². The number of ether oxygens (including phenoxy) is 1. The fraction of sp³-hybridized carbons (Fsp3) is 0.450. The summed E-state index contributed by atoms with van der Waals surface area (Å²) in [4.78, 5) is 15.0. The summed E-state index contributed by atoms with van der Waals surface area (Å²) < 4.78 is 5.28. The predicted molar refractivity (Wildman–Crippen MR) is 95.3 cm³/mol. The van der Waals surface area contributed by atoms with Crippen molar-refractivity contribution in [3.63, 3.8) is 0 Å². The van der Waals surface area contributed by atoms with E-state index in [4.69, 9.17) is 4.74 Å². The van der Waals surface area contributed by atoms with E-state index in [0.29, 0.717) is 11.8 Å². The molecule has 2 saturated heterocycles.